The number of rotatable bonds is 2. The number of alkyl halides is 3. The number of hydrogen-bond acceptors (Lipinski definition) is 4. The van der Waals surface area contributed by atoms with Crippen LogP contribution in [-0.2, 0) is 20.5 Å². The summed E-state index contributed by atoms with van der Waals surface area (Å²) in [6, 6.07) is 4.20. The van der Waals surface area contributed by atoms with Gasteiger partial charge in [0.05, 0.1) is 34.8 Å². The maximum absolute atomic E-state index is 12.9. The number of aliphatic hydroxyl groups excluding tert-OH is 1. The van der Waals surface area contributed by atoms with Crippen LogP contribution < -0.4 is 4.90 Å². The van der Waals surface area contributed by atoms with Gasteiger partial charge in [0, 0.05) is 12.5 Å². The quantitative estimate of drug-likeness (QED) is 0.824. The van der Waals surface area contributed by atoms with Crippen molar-refractivity contribution in [3.63, 3.8) is 0 Å². The molecule has 0 aliphatic carbocycles. The molecule has 3 saturated heterocycles. The van der Waals surface area contributed by atoms with Crippen LogP contribution in [0.5, 0.6) is 0 Å². The predicted octanol–water partition coefficient (Wildman–Crippen LogP) is 1.98. The summed E-state index contributed by atoms with van der Waals surface area (Å²) in [5, 5.41) is 9.52. The summed E-state index contributed by atoms with van der Waals surface area (Å²) in [6.07, 6.45) is -4.59. The molecule has 25 heavy (non-hydrogen) atoms. The molecule has 0 aromatic heterocycles. The standard InChI is InChI=1S/C17H16F3NO4/c1-16-9(7-22)6-11(25-16)12-13(16)15(24)21(14(12)23)10-4-2-3-8(5-10)17(18,19)20/h2-5,9,11-13,22H,6-7H2,1H3/t9?,11?,12-,13+,16?/m0/s1. The molecule has 0 spiro atoms. The van der Waals surface area contributed by atoms with Gasteiger partial charge in [-0.2, -0.15) is 13.2 Å². The highest BCUT2D eigenvalue weighted by atomic mass is 19.4. The number of nitrogens with zero attached hydrogens (tertiary/aromatic N) is 1. The molecule has 5 atom stereocenters. The average Bonchev–Trinajstić information content (AvgIpc) is 3.12. The third-order valence-corrected chi connectivity index (χ3v) is 5.75. The monoisotopic (exact) mass is 355 g/mol. The van der Waals surface area contributed by atoms with Crippen LogP contribution in [0.2, 0.25) is 0 Å². The number of carbonyl (C=O) groups is 2. The number of hydrogen-bond donors (Lipinski definition) is 1. The minimum absolute atomic E-state index is 0.0808. The second-order valence-corrected chi connectivity index (χ2v) is 7.02. The third kappa shape index (κ3) is 2.10. The number of aliphatic hydroxyl groups is 1. The number of ether oxygens (including phenoxy) is 1. The van der Waals surface area contributed by atoms with Crippen molar-refractivity contribution in [2.45, 2.75) is 31.2 Å². The van der Waals surface area contributed by atoms with Crippen LogP contribution in [0, 0.1) is 17.8 Å². The first-order valence-electron chi connectivity index (χ1n) is 8.02. The fourth-order valence-corrected chi connectivity index (χ4v) is 4.53. The van der Waals surface area contributed by atoms with Crippen LogP contribution in [0.25, 0.3) is 0 Å². The first-order valence-corrected chi connectivity index (χ1v) is 8.02. The van der Waals surface area contributed by atoms with E-state index in [1.54, 1.807) is 6.92 Å². The van der Waals surface area contributed by atoms with E-state index in [1.165, 1.54) is 12.1 Å². The van der Waals surface area contributed by atoms with E-state index in [0.29, 0.717) is 6.42 Å². The molecule has 4 rings (SSSR count). The molecule has 2 amide bonds. The van der Waals surface area contributed by atoms with Gasteiger partial charge in [0.15, 0.2) is 0 Å². The molecule has 2 bridgehead atoms. The molecule has 3 aliphatic heterocycles. The van der Waals surface area contributed by atoms with E-state index in [0.717, 1.165) is 17.0 Å². The van der Waals surface area contributed by atoms with Crippen molar-refractivity contribution in [3.8, 4) is 0 Å². The second-order valence-electron chi connectivity index (χ2n) is 7.02. The lowest BCUT2D eigenvalue weighted by Crippen LogP contribution is -2.46. The van der Waals surface area contributed by atoms with Gasteiger partial charge in [-0.15, -0.1) is 0 Å². The van der Waals surface area contributed by atoms with Crippen LogP contribution in [0.3, 0.4) is 0 Å². The fourth-order valence-electron chi connectivity index (χ4n) is 4.53. The van der Waals surface area contributed by atoms with Crippen molar-refractivity contribution >= 4 is 17.5 Å². The Hall–Kier alpha value is -1.93. The van der Waals surface area contributed by atoms with Crippen molar-refractivity contribution in [3.05, 3.63) is 29.8 Å². The zero-order valence-electron chi connectivity index (χ0n) is 13.3. The van der Waals surface area contributed by atoms with E-state index >= 15 is 0 Å². The van der Waals surface area contributed by atoms with Crippen molar-refractivity contribution in [2.24, 2.45) is 17.8 Å². The zero-order valence-corrected chi connectivity index (χ0v) is 13.3. The van der Waals surface area contributed by atoms with Crippen molar-refractivity contribution in [1.29, 1.82) is 0 Å². The molecule has 134 valence electrons. The van der Waals surface area contributed by atoms with Crippen molar-refractivity contribution < 1.29 is 32.6 Å². The molecule has 3 aliphatic rings. The Morgan fingerprint density at radius 3 is 2.68 bits per heavy atom. The van der Waals surface area contributed by atoms with Gasteiger partial charge in [-0.1, -0.05) is 6.07 Å². The number of benzene rings is 1. The number of imide groups is 1. The minimum Gasteiger partial charge on any atom is -0.396 e. The minimum atomic E-state index is -4.56. The summed E-state index contributed by atoms with van der Waals surface area (Å²) < 4.78 is 44.6. The number of amides is 2. The molecule has 3 unspecified atom stereocenters. The fraction of sp³-hybridized carbons (Fsp3) is 0.529. The van der Waals surface area contributed by atoms with Crippen LogP contribution in [0.1, 0.15) is 18.9 Å². The van der Waals surface area contributed by atoms with Gasteiger partial charge in [-0.05, 0) is 31.5 Å². The predicted molar refractivity (Wildman–Crippen MR) is 79.4 cm³/mol. The molecule has 0 radical (unpaired) electrons. The normalized spacial score (nSPS) is 37.1. The summed E-state index contributed by atoms with van der Waals surface area (Å²) in [6.45, 7) is 1.53. The highest BCUT2D eigenvalue weighted by Gasteiger charge is 2.70. The van der Waals surface area contributed by atoms with Crippen molar-refractivity contribution in [2.75, 3.05) is 11.5 Å². The Balaban J connectivity index is 1.73. The zero-order chi connectivity index (χ0) is 18.1. The van der Waals surface area contributed by atoms with Crippen LogP contribution in [0.4, 0.5) is 18.9 Å². The maximum atomic E-state index is 12.9. The summed E-state index contributed by atoms with van der Waals surface area (Å²) in [5.41, 5.74) is -1.96. The van der Waals surface area contributed by atoms with Gasteiger partial charge >= 0.3 is 6.18 Å². The molecule has 0 saturated carbocycles. The van der Waals surface area contributed by atoms with Crippen LogP contribution in [-0.4, -0.2) is 35.2 Å². The Labute approximate surface area is 141 Å². The molecular weight excluding hydrogens is 339 g/mol. The lowest BCUT2D eigenvalue weighted by atomic mass is 9.68. The van der Waals surface area contributed by atoms with Gasteiger partial charge in [-0.25, -0.2) is 4.90 Å². The highest BCUT2D eigenvalue weighted by Crippen LogP contribution is 2.58. The SMILES string of the molecule is CC12OC(CC1CO)[C@@H]1C(=O)N(c3cccc(C(F)(F)F)c3)C(=O)[C@@H]12. The molecule has 1 aromatic rings. The maximum Gasteiger partial charge on any atom is 0.416 e. The van der Waals surface area contributed by atoms with E-state index in [2.05, 4.69) is 0 Å². The second kappa shape index (κ2) is 5.04. The molecule has 3 fully saturated rings. The average molecular weight is 355 g/mol. The van der Waals surface area contributed by atoms with E-state index in [9.17, 15) is 27.9 Å². The summed E-state index contributed by atoms with van der Waals surface area (Å²) in [5.74, 6) is -2.82. The molecule has 1 N–H and O–H groups in total. The number of anilines is 1. The van der Waals surface area contributed by atoms with Gasteiger partial charge < -0.3 is 9.84 Å². The topological polar surface area (TPSA) is 66.8 Å². The molecule has 1 aromatic carbocycles. The Morgan fingerprint density at radius 1 is 1.32 bits per heavy atom. The summed E-state index contributed by atoms with van der Waals surface area (Å²) in [4.78, 5) is 26.5. The largest absolute Gasteiger partial charge is 0.416 e. The summed E-state index contributed by atoms with van der Waals surface area (Å²) in [7, 11) is 0. The Kier molecular flexibility index (Phi) is 3.34. The number of carbonyl (C=O) groups excluding carboxylic acids is 2. The Morgan fingerprint density at radius 2 is 2.04 bits per heavy atom. The Bertz CT molecular complexity index is 765. The molecule has 3 heterocycles. The summed E-state index contributed by atoms with van der Waals surface area (Å²) >= 11 is 0. The van der Waals surface area contributed by atoms with E-state index in [4.69, 9.17) is 4.74 Å². The third-order valence-electron chi connectivity index (χ3n) is 5.75. The van der Waals surface area contributed by atoms with Crippen LogP contribution in [0.15, 0.2) is 24.3 Å². The first-order chi connectivity index (χ1) is 11.7. The van der Waals surface area contributed by atoms with E-state index < -0.39 is 47.1 Å². The first kappa shape index (κ1) is 16.5. The number of fused-ring (bicyclic) bond motifs is 5. The van der Waals surface area contributed by atoms with Crippen LogP contribution >= 0.6 is 0 Å². The smallest absolute Gasteiger partial charge is 0.396 e. The molecular formula is C17H16F3NO4. The van der Waals surface area contributed by atoms with Crippen molar-refractivity contribution in [1.82, 2.24) is 0 Å². The van der Waals surface area contributed by atoms with E-state index in [-0.39, 0.29) is 18.2 Å². The lowest BCUT2D eigenvalue weighted by Gasteiger charge is -2.33. The van der Waals surface area contributed by atoms with Gasteiger partial charge in [0.25, 0.3) is 0 Å². The lowest BCUT2D eigenvalue weighted by molar-refractivity contribution is -0.138. The van der Waals surface area contributed by atoms with Gasteiger partial charge in [0.2, 0.25) is 11.8 Å². The van der Waals surface area contributed by atoms with E-state index in [1.807, 2.05) is 0 Å². The van der Waals surface area contributed by atoms with Gasteiger partial charge in [0.1, 0.15) is 0 Å². The highest BCUT2D eigenvalue weighted by molar-refractivity contribution is 6.23. The molecule has 5 nitrogen and oxygen atoms in total. The van der Waals surface area contributed by atoms with Gasteiger partial charge in [-0.3, -0.25) is 9.59 Å². The molecule has 8 heteroatoms. The number of halogens is 3.